The molecule has 18 heavy (non-hydrogen) atoms. The third kappa shape index (κ3) is 2.43. The predicted molar refractivity (Wildman–Crippen MR) is 86.2 cm³/mol. The minimum atomic E-state index is -1.68. The number of hydrogen-bond donors (Lipinski definition) is 0. The van der Waals surface area contributed by atoms with Crippen LogP contribution in [-0.4, -0.2) is 5.66 Å². The molecule has 0 aliphatic heterocycles. The molecule has 0 nitrogen and oxygen atoms in total. The second kappa shape index (κ2) is 5.82. The Morgan fingerprint density at radius 2 is 1.28 bits per heavy atom. The Hall–Kier alpha value is -0.910. The van der Waals surface area contributed by atoms with Gasteiger partial charge >= 0.3 is 0 Å². The fourth-order valence-electron chi connectivity index (χ4n) is 2.21. The molecule has 0 aliphatic rings. The monoisotopic (exact) mass is 274 g/mol. The first kappa shape index (κ1) is 13.5. The van der Waals surface area contributed by atoms with Crippen molar-refractivity contribution in [2.24, 2.45) is 0 Å². The molecule has 94 valence electrons. The minimum Gasteiger partial charge on any atom is -0.0873 e. The highest BCUT2D eigenvalue weighted by Gasteiger charge is 2.27. The van der Waals surface area contributed by atoms with Crippen molar-refractivity contribution in [1.29, 1.82) is 0 Å². The lowest BCUT2D eigenvalue weighted by Gasteiger charge is -2.29. The van der Waals surface area contributed by atoms with Gasteiger partial charge in [0.2, 0.25) is 0 Å². The average molecular weight is 274 g/mol. The fourth-order valence-corrected chi connectivity index (χ4v) is 6.45. The van der Waals surface area contributed by atoms with Gasteiger partial charge < -0.3 is 0 Å². The highest BCUT2D eigenvalue weighted by molar-refractivity contribution is 8.22. The van der Waals surface area contributed by atoms with Crippen LogP contribution in [-0.2, 0) is 11.8 Å². The van der Waals surface area contributed by atoms with Crippen molar-refractivity contribution < 1.29 is 0 Å². The maximum Gasteiger partial charge on any atom is 0.0132 e. The van der Waals surface area contributed by atoms with Crippen LogP contribution in [0.1, 0.15) is 20.3 Å². The van der Waals surface area contributed by atoms with Crippen LogP contribution in [0.2, 0.25) is 0 Å². The Bertz CT molecular complexity index is 490. The van der Waals surface area contributed by atoms with Crippen LogP contribution < -0.4 is 10.6 Å². The molecule has 2 aromatic carbocycles. The highest BCUT2D eigenvalue weighted by Crippen LogP contribution is 2.49. The molecule has 0 aromatic heterocycles. The van der Waals surface area contributed by atoms with Crippen LogP contribution >= 0.6 is 6.04 Å². The first-order valence-corrected chi connectivity index (χ1v) is 9.27. The van der Waals surface area contributed by atoms with Crippen LogP contribution in [0.3, 0.4) is 0 Å². The molecule has 0 aliphatic carbocycles. The molecule has 0 fully saturated rings. The van der Waals surface area contributed by atoms with Crippen molar-refractivity contribution in [3.63, 3.8) is 0 Å². The van der Waals surface area contributed by atoms with Gasteiger partial charge in [0.15, 0.2) is 0 Å². The molecule has 0 saturated heterocycles. The molecule has 0 unspecified atom stereocenters. The molecule has 0 saturated carbocycles. The largest absolute Gasteiger partial charge is 0.0873 e. The smallest absolute Gasteiger partial charge is 0.0132 e. The van der Waals surface area contributed by atoms with E-state index in [0.29, 0.717) is 5.66 Å². The second-order valence-electron chi connectivity index (χ2n) is 4.59. The molecule has 0 amide bonds. The van der Waals surface area contributed by atoms with E-state index in [2.05, 4.69) is 74.5 Å². The summed E-state index contributed by atoms with van der Waals surface area (Å²) in [5.74, 6) is 0. The maximum absolute atomic E-state index is 6.17. The van der Waals surface area contributed by atoms with E-state index in [9.17, 15) is 0 Å². The summed E-state index contributed by atoms with van der Waals surface area (Å²) < 4.78 is 0. The fraction of sp³-hybridized carbons (Fsp3) is 0.250. The van der Waals surface area contributed by atoms with Gasteiger partial charge in [-0.1, -0.05) is 86.3 Å². The van der Waals surface area contributed by atoms with Gasteiger partial charge in [0.25, 0.3) is 0 Å². The van der Waals surface area contributed by atoms with Crippen LogP contribution in [0.4, 0.5) is 0 Å². The van der Waals surface area contributed by atoms with Crippen molar-refractivity contribution in [3.8, 4) is 0 Å². The topological polar surface area (TPSA) is 0 Å². The summed E-state index contributed by atoms with van der Waals surface area (Å²) in [6.07, 6.45) is 1.13. The van der Waals surface area contributed by atoms with Gasteiger partial charge in [-0.2, -0.15) is 0 Å². The Morgan fingerprint density at radius 1 is 0.889 bits per heavy atom. The van der Waals surface area contributed by atoms with E-state index in [1.54, 1.807) is 0 Å². The van der Waals surface area contributed by atoms with Crippen LogP contribution in [0.25, 0.3) is 0 Å². The average Bonchev–Trinajstić information content (AvgIpc) is 2.47. The molecule has 0 spiro atoms. The minimum absolute atomic E-state index is 0.539. The van der Waals surface area contributed by atoms with Gasteiger partial charge in [0.1, 0.15) is 0 Å². The Morgan fingerprint density at radius 3 is 1.61 bits per heavy atom. The normalized spacial score (nSPS) is 13.2. The Balaban J connectivity index is 2.59. The third-order valence-electron chi connectivity index (χ3n) is 3.49. The highest BCUT2D eigenvalue weighted by atomic mass is 32.4. The zero-order valence-electron chi connectivity index (χ0n) is 10.9. The van der Waals surface area contributed by atoms with Crippen molar-refractivity contribution in [3.05, 3.63) is 60.7 Å². The van der Waals surface area contributed by atoms with Crippen molar-refractivity contribution in [2.45, 2.75) is 25.9 Å². The Labute approximate surface area is 115 Å². The lowest BCUT2D eigenvalue weighted by atomic mass is 10.3. The summed E-state index contributed by atoms with van der Waals surface area (Å²) in [5.41, 5.74) is 0.539. The molecule has 1 atom stereocenters. The standard InChI is InChI=1S/C16H19PS/c1-3-14(2)17(18,15-10-6-4-7-11-15)16-12-8-5-9-13-16/h4-14H,3H2,1-2H3/t14-/m1/s1. The quantitative estimate of drug-likeness (QED) is 0.762. The van der Waals surface area contributed by atoms with E-state index in [-0.39, 0.29) is 0 Å². The van der Waals surface area contributed by atoms with Crippen LogP contribution in [0.5, 0.6) is 0 Å². The number of rotatable bonds is 4. The SMILES string of the molecule is CC[C@@H](C)P(=S)(c1ccccc1)c1ccccc1. The van der Waals surface area contributed by atoms with Crippen molar-refractivity contribution in [2.75, 3.05) is 0 Å². The van der Waals surface area contributed by atoms with E-state index in [1.807, 2.05) is 0 Å². The van der Waals surface area contributed by atoms with Gasteiger partial charge in [-0.3, -0.25) is 0 Å². The summed E-state index contributed by atoms with van der Waals surface area (Å²) in [6, 6.07) is 19.6. The van der Waals surface area contributed by atoms with Gasteiger partial charge in [-0.05, 0) is 22.7 Å². The van der Waals surface area contributed by atoms with Gasteiger partial charge in [0, 0.05) is 6.04 Å². The molecular formula is C16H19PS. The molecule has 2 rings (SSSR count). The zero-order valence-corrected chi connectivity index (χ0v) is 12.6. The molecule has 0 N–H and O–H groups in total. The lowest BCUT2D eigenvalue weighted by molar-refractivity contribution is 0.898. The van der Waals surface area contributed by atoms with E-state index in [1.165, 1.54) is 10.6 Å². The van der Waals surface area contributed by atoms with Gasteiger partial charge in [-0.25, -0.2) is 0 Å². The van der Waals surface area contributed by atoms with Crippen LogP contribution in [0.15, 0.2) is 60.7 Å². The Kier molecular flexibility index (Phi) is 4.37. The summed E-state index contributed by atoms with van der Waals surface area (Å²) in [5, 5.41) is 2.67. The first-order chi connectivity index (χ1) is 8.69. The molecule has 0 bridgehead atoms. The molecule has 2 heteroatoms. The molecular weight excluding hydrogens is 255 g/mol. The maximum atomic E-state index is 6.17. The summed E-state index contributed by atoms with van der Waals surface area (Å²) in [6.45, 7) is 4.53. The van der Waals surface area contributed by atoms with E-state index in [4.69, 9.17) is 11.8 Å². The van der Waals surface area contributed by atoms with Crippen molar-refractivity contribution in [1.82, 2.24) is 0 Å². The molecule has 2 aromatic rings. The summed E-state index contributed by atoms with van der Waals surface area (Å²) >= 11 is 6.17. The van der Waals surface area contributed by atoms with Crippen molar-refractivity contribution >= 4 is 28.5 Å². The number of benzene rings is 2. The third-order valence-corrected chi connectivity index (χ3v) is 9.57. The summed E-state index contributed by atoms with van der Waals surface area (Å²) in [7, 11) is 0. The zero-order chi connectivity index (χ0) is 13.0. The van der Waals surface area contributed by atoms with Gasteiger partial charge in [-0.15, -0.1) is 0 Å². The molecule has 0 radical (unpaired) electrons. The number of hydrogen-bond acceptors (Lipinski definition) is 1. The van der Waals surface area contributed by atoms with Gasteiger partial charge in [0.05, 0.1) is 0 Å². The lowest BCUT2D eigenvalue weighted by Crippen LogP contribution is -2.23. The second-order valence-corrected chi connectivity index (χ2v) is 9.54. The van der Waals surface area contributed by atoms with E-state index < -0.39 is 6.04 Å². The van der Waals surface area contributed by atoms with E-state index >= 15 is 0 Å². The van der Waals surface area contributed by atoms with E-state index in [0.717, 1.165) is 6.42 Å². The predicted octanol–water partition coefficient (Wildman–Crippen LogP) is 3.92. The van der Waals surface area contributed by atoms with Crippen LogP contribution in [0, 0.1) is 0 Å². The first-order valence-electron chi connectivity index (χ1n) is 6.40. The molecule has 0 heterocycles. The summed E-state index contributed by atoms with van der Waals surface area (Å²) in [4.78, 5) is 0.